The molecule has 0 N–H and O–H groups in total. The summed E-state index contributed by atoms with van der Waals surface area (Å²) in [5.74, 6) is 2.80. The normalized spacial score (nSPS) is 18.6. The first-order valence-corrected chi connectivity index (χ1v) is 11.7. The molecule has 1 fully saturated rings. The molecular weight excluding hydrogens is 368 g/mol. The van der Waals surface area contributed by atoms with Gasteiger partial charge in [-0.1, -0.05) is 27.7 Å². The van der Waals surface area contributed by atoms with Crippen molar-refractivity contribution >= 4 is 33.3 Å². The fourth-order valence-corrected chi connectivity index (χ4v) is 5.55. The fourth-order valence-electron chi connectivity index (χ4n) is 4.29. The Bertz CT molecular complexity index is 867. The van der Waals surface area contributed by atoms with Gasteiger partial charge in [0.2, 0.25) is 5.91 Å². The van der Waals surface area contributed by atoms with Crippen LogP contribution in [0.5, 0.6) is 0 Å². The average Bonchev–Trinajstić information content (AvgIpc) is 3.10. The van der Waals surface area contributed by atoms with Gasteiger partial charge in [0.15, 0.2) is 0 Å². The van der Waals surface area contributed by atoms with Crippen molar-refractivity contribution in [2.45, 2.75) is 65.7 Å². The molecule has 1 aliphatic carbocycles. The van der Waals surface area contributed by atoms with E-state index in [-0.39, 0.29) is 11.8 Å². The summed E-state index contributed by atoms with van der Waals surface area (Å²) in [6, 6.07) is 0. The van der Waals surface area contributed by atoms with Gasteiger partial charge >= 0.3 is 0 Å². The number of thiophene rings is 1. The van der Waals surface area contributed by atoms with Crippen molar-refractivity contribution in [3.63, 3.8) is 0 Å². The Labute approximate surface area is 172 Å². The molecule has 0 saturated carbocycles. The van der Waals surface area contributed by atoms with Crippen molar-refractivity contribution in [3.8, 4) is 0 Å². The zero-order valence-electron chi connectivity index (χ0n) is 17.6. The number of aryl methyl sites for hydroxylation is 2. The predicted octanol–water partition coefficient (Wildman–Crippen LogP) is 4.39. The van der Waals surface area contributed by atoms with Crippen LogP contribution in [0.4, 0.5) is 5.82 Å². The molecule has 152 valence electrons. The second-order valence-corrected chi connectivity index (χ2v) is 9.66. The molecule has 0 radical (unpaired) electrons. The lowest BCUT2D eigenvalue weighted by atomic mass is 9.96. The first kappa shape index (κ1) is 19.6. The van der Waals surface area contributed by atoms with Gasteiger partial charge in [-0.05, 0) is 37.7 Å². The molecule has 0 aromatic carbocycles. The van der Waals surface area contributed by atoms with E-state index in [1.807, 2.05) is 30.1 Å². The topological polar surface area (TPSA) is 49.3 Å². The van der Waals surface area contributed by atoms with Crippen LogP contribution in [0.15, 0.2) is 0 Å². The molecule has 4 rings (SSSR count). The summed E-state index contributed by atoms with van der Waals surface area (Å²) >= 11 is 1.89. The minimum Gasteiger partial charge on any atom is -0.352 e. The molecule has 1 amide bonds. The summed E-state index contributed by atoms with van der Waals surface area (Å²) in [5, 5.41) is 1.30. The van der Waals surface area contributed by atoms with E-state index in [1.165, 1.54) is 39.9 Å². The number of anilines is 1. The van der Waals surface area contributed by atoms with Crippen LogP contribution in [-0.2, 0) is 17.6 Å². The van der Waals surface area contributed by atoms with Crippen molar-refractivity contribution in [1.29, 1.82) is 0 Å². The molecule has 3 heterocycles. The number of rotatable bonds is 4. The van der Waals surface area contributed by atoms with E-state index in [9.17, 15) is 4.79 Å². The third kappa shape index (κ3) is 3.51. The summed E-state index contributed by atoms with van der Waals surface area (Å²) in [6.45, 7) is 11.7. The minimum atomic E-state index is 0.0678. The molecule has 6 heteroatoms. The number of piperazine rings is 1. The molecule has 1 unspecified atom stereocenters. The van der Waals surface area contributed by atoms with Gasteiger partial charge in [0.25, 0.3) is 0 Å². The Morgan fingerprint density at radius 3 is 2.46 bits per heavy atom. The summed E-state index contributed by atoms with van der Waals surface area (Å²) in [4.78, 5) is 29.6. The highest BCUT2D eigenvalue weighted by Crippen LogP contribution is 2.40. The van der Waals surface area contributed by atoms with E-state index in [1.54, 1.807) is 0 Å². The van der Waals surface area contributed by atoms with Crippen molar-refractivity contribution in [3.05, 3.63) is 16.3 Å². The molecule has 0 spiro atoms. The second-order valence-electron chi connectivity index (χ2n) is 8.57. The third-order valence-electron chi connectivity index (χ3n) is 6.25. The quantitative estimate of drug-likeness (QED) is 0.764. The lowest BCUT2D eigenvalue weighted by Crippen LogP contribution is -2.50. The number of carbonyl (C=O) groups is 1. The van der Waals surface area contributed by atoms with Crippen molar-refractivity contribution in [2.24, 2.45) is 5.92 Å². The van der Waals surface area contributed by atoms with Gasteiger partial charge in [0.05, 0.1) is 5.39 Å². The largest absolute Gasteiger partial charge is 0.352 e. The smallest absolute Gasteiger partial charge is 0.225 e. The maximum atomic E-state index is 12.4. The lowest BCUT2D eigenvalue weighted by molar-refractivity contribution is -0.134. The maximum absolute atomic E-state index is 12.4. The van der Waals surface area contributed by atoms with Crippen LogP contribution in [0.25, 0.3) is 10.2 Å². The molecule has 0 bridgehead atoms. The zero-order chi connectivity index (χ0) is 19.8. The van der Waals surface area contributed by atoms with Crippen LogP contribution < -0.4 is 4.90 Å². The average molecular weight is 401 g/mol. The van der Waals surface area contributed by atoms with Gasteiger partial charge in [-0.2, -0.15) is 0 Å². The fraction of sp³-hybridized carbons (Fsp3) is 0.682. The SMILES string of the molecule is CCC(C)c1nc(N2CCN(C(=O)C(C)C)CC2)c2c3c(sc2n1)CCCC3. The van der Waals surface area contributed by atoms with Crippen molar-refractivity contribution < 1.29 is 4.79 Å². The Balaban J connectivity index is 1.71. The van der Waals surface area contributed by atoms with Crippen LogP contribution >= 0.6 is 11.3 Å². The van der Waals surface area contributed by atoms with Gasteiger partial charge in [-0.25, -0.2) is 9.97 Å². The van der Waals surface area contributed by atoms with Gasteiger partial charge in [-0.15, -0.1) is 11.3 Å². The van der Waals surface area contributed by atoms with Crippen LogP contribution in [0, 0.1) is 5.92 Å². The predicted molar refractivity (Wildman–Crippen MR) is 116 cm³/mol. The third-order valence-corrected chi connectivity index (χ3v) is 7.44. The van der Waals surface area contributed by atoms with Gasteiger partial charge < -0.3 is 9.80 Å². The minimum absolute atomic E-state index is 0.0678. The number of aromatic nitrogens is 2. The molecule has 1 aliphatic heterocycles. The number of nitrogens with zero attached hydrogens (tertiary/aromatic N) is 4. The van der Waals surface area contributed by atoms with Crippen LogP contribution in [0.1, 0.15) is 69.1 Å². The monoisotopic (exact) mass is 400 g/mol. The summed E-state index contributed by atoms with van der Waals surface area (Å²) in [5.41, 5.74) is 1.50. The summed E-state index contributed by atoms with van der Waals surface area (Å²) < 4.78 is 0. The van der Waals surface area contributed by atoms with Crippen molar-refractivity contribution in [2.75, 3.05) is 31.1 Å². The molecule has 1 atom stereocenters. The van der Waals surface area contributed by atoms with Crippen LogP contribution in [-0.4, -0.2) is 47.0 Å². The molecule has 2 aromatic heterocycles. The number of fused-ring (bicyclic) bond motifs is 3. The highest BCUT2D eigenvalue weighted by atomic mass is 32.1. The lowest BCUT2D eigenvalue weighted by Gasteiger charge is -2.36. The van der Waals surface area contributed by atoms with E-state index in [4.69, 9.17) is 9.97 Å². The van der Waals surface area contributed by atoms with E-state index in [0.717, 1.165) is 50.7 Å². The van der Waals surface area contributed by atoms with E-state index < -0.39 is 0 Å². The van der Waals surface area contributed by atoms with Gasteiger partial charge in [-0.3, -0.25) is 4.79 Å². The number of amides is 1. The summed E-state index contributed by atoms with van der Waals surface area (Å²) in [7, 11) is 0. The maximum Gasteiger partial charge on any atom is 0.225 e. The van der Waals surface area contributed by atoms with E-state index in [2.05, 4.69) is 18.7 Å². The molecule has 5 nitrogen and oxygen atoms in total. The Hall–Kier alpha value is -1.69. The van der Waals surface area contributed by atoms with Crippen LogP contribution in [0.2, 0.25) is 0 Å². The van der Waals surface area contributed by atoms with Gasteiger partial charge in [0.1, 0.15) is 16.5 Å². The number of carbonyl (C=O) groups excluding carboxylic acids is 1. The number of hydrogen-bond donors (Lipinski definition) is 0. The molecule has 28 heavy (non-hydrogen) atoms. The molecular formula is C22H32N4OS. The Morgan fingerprint density at radius 1 is 1.07 bits per heavy atom. The van der Waals surface area contributed by atoms with E-state index >= 15 is 0 Å². The molecule has 2 aliphatic rings. The standard InChI is InChI=1S/C22H32N4OS/c1-5-15(4)19-23-20(25-10-12-26(13-11-25)22(27)14(2)3)18-16-8-6-7-9-17(16)28-21(18)24-19/h14-15H,5-13H2,1-4H3. The highest BCUT2D eigenvalue weighted by Gasteiger charge is 2.28. The van der Waals surface area contributed by atoms with Gasteiger partial charge in [0, 0.05) is 42.9 Å². The second kappa shape index (κ2) is 7.97. The Morgan fingerprint density at radius 2 is 1.79 bits per heavy atom. The molecule has 2 aromatic rings. The van der Waals surface area contributed by atoms with E-state index in [0.29, 0.717) is 5.92 Å². The molecule has 1 saturated heterocycles. The number of hydrogen-bond acceptors (Lipinski definition) is 5. The Kier molecular flexibility index (Phi) is 5.59. The first-order valence-electron chi connectivity index (χ1n) is 10.9. The van der Waals surface area contributed by atoms with Crippen LogP contribution in [0.3, 0.4) is 0 Å². The highest BCUT2D eigenvalue weighted by molar-refractivity contribution is 7.19. The zero-order valence-corrected chi connectivity index (χ0v) is 18.4. The van der Waals surface area contributed by atoms with Crippen molar-refractivity contribution in [1.82, 2.24) is 14.9 Å². The summed E-state index contributed by atoms with van der Waals surface area (Å²) in [6.07, 6.45) is 5.94. The first-order chi connectivity index (χ1) is 13.5.